The second kappa shape index (κ2) is 8.51. The molecule has 0 aliphatic carbocycles. The molecule has 1 fully saturated rings. The second-order valence-electron chi connectivity index (χ2n) is 6.01. The van der Waals surface area contributed by atoms with Crippen molar-refractivity contribution >= 4 is 12.0 Å². The van der Waals surface area contributed by atoms with Crippen molar-refractivity contribution in [2.45, 2.75) is 45.9 Å². The number of ether oxygens (including phenoxy) is 2. The molecule has 128 valence electrons. The number of hydrogen-bond acceptors (Lipinski definition) is 4. The Hall–Kier alpha value is -2.32. The van der Waals surface area contributed by atoms with Crippen molar-refractivity contribution in [1.29, 1.82) is 0 Å². The van der Waals surface area contributed by atoms with Crippen molar-refractivity contribution in [1.82, 2.24) is 4.90 Å². The lowest BCUT2D eigenvalue weighted by Crippen LogP contribution is -2.47. The molecule has 0 saturated carbocycles. The Labute approximate surface area is 142 Å². The van der Waals surface area contributed by atoms with E-state index < -0.39 is 12.2 Å². The number of amides is 2. The molecule has 1 saturated heterocycles. The number of cyclic esters (lactones) is 1. The fourth-order valence-corrected chi connectivity index (χ4v) is 2.52. The molecule has 0 aromatic heterocycles. The van der Waals surface area contributed by atoms with E-state index in [0.29, 0.717) is 0 Å². The van der Waals surface area contributed by atoms with Crippen LogP contribution < -0.4 is 0 Å². The molecule has 1 aliphatic heterocycles. The molecule has 5 nitrogen and oxygen atoms in total. The molecule has 1 aliphatic rings. The predicted octanol–water partition coefficient (Wildman–Crippen LogP) is 2.99. The first kappa shape index (κ1) is 18.0. The molecule has 0 N–H and O–H groups in total. The predicted molar refractivity (Wildman–Crippen MR) is 89.9 cm³/mol. The largest absolute Gasteiger partial charge is 0.447 e. The fraction of sp³-hybridized carbons (Fsp3) is 0.474. The maximum Gasteiger partial charge on any atom is 0.417 e. The van der Waals surface area contributed by atoms with Gasteiger partial charge in [0.05, 0.1) is 12.6 Å². The van der Waals surface area contributed by atoms with Crippen LogP contribution in [-0.4, -0.2) is 35.7 Å². The number of carbonyl (C=O) groups is 2. The number of benzene rings is 1. The van der Waals surface area contributed by atoms with E-state index >= 15 is 0 Å². The molecular weight excluding hydrogens is 306 g/mol. The average Bonchev–Trinajstić information content (AvgIpc) is 2.97. The van der Waals surface area contributed by atoms with Crippen LogP contribution in [0.2, 0.25) is 0 Å². The van der Waals surface area contributed by atoms with Crippen molar-refractivity contribution in [3.63, 3.8) is 0 Å². The Balaban J connectivity index is 2.11. The van der Waals surface area contributed by atoms with Crippen LogP contribution in [0.1, 0.15) is 32.8 Å². The third-order valence-electron chi connectivity index (χ3n) is 3.95. The van der Waals surface area contributed by atoms with Crippen LogP contribution in [0.15, 0.2) is 30.3 Å². The SMILES string of the molecule is CC#CCC(OCc1ccccc1)C(=O)N1C(=O)OC[C@@H]1C(C)C. The molecule has 0 spiro atoms. The van der Waals surface area contributed by atoms with E-state index in [1.54, 1.807) is 6.92 Å². The van der Waals surface area contributed by atoms with Crippen molar-refractivity contribution in [2.24, 2.45) is 5.92 Å². The van der Waals surface area contributed by atoms with Gasteiger partial charge in [0, 0.05) is 6.42 Å². The highest BCUT2D eigenvalue weighted by molar-refractivity contribution is 5.96. The molecule has 2 rings (SSSR count). The molecule has 1 aromatic rings. The maximum atomic E-state index is 12.8. The van der Waals surface area contributed by atoms with Crippen LogP contribution in [0.5, 0.6) is 0 Å². The molecular formula is C19H23NO4. The van der Waals surface area contributed by atoms with Gasteiger partial charge in [0.25, 0.3) is 5.91 Å². The number of hydrogen-bond donors (Lipinski definition) is 0. The first-order valence-electron chi connectivity index (χ1n) is 8.09. The monoisotopic (exact) mass is 329 g/mol. The van der Waals surface area contributed by atoms with Gasteiger partial charge in [-0.25, -0.2) is 9.69 Å². The van der Waals surface area contributed by atoms with Crippen LogP contribution in [0, 0.1) is 17.8 Å². The lowest BCUT2D eigenvalue weighted by molar-refractivity contribution is -0.142. The van der Waals surface area contributed by atoms with Gasteiger partial charge in [-0.15, -0.1) is 11.8 Å². The zero-order valence-corrected chi connectivity index (χ0v) is 14.3. The summed E-state index contributed by atoms with van der Waals surface area (Å²) in [6.45, 7) is 6.14. The Bertz CT molecular complexity index is 630. The van der Waals surface area contributed by atoms with Crippen molar-refractivity contribution in [3.05, 3.63) is 35.9 Å². The molecule has 1 unspecified atom stereocenters. The zero-order chi connectivity index (χ0) is 17.5. The summed E-state index contributed by atoms with van der Waals surface area (Å²) in [7, 11) is 0. The summed E-state index contributed by atoms with van der Waals surface area (Å²) in [6.07, 6.45) is -1.14. The summed E-state index contributed by atoms with van der Waals surface area (Å²) < 4.78 is 10.8. The highest BCUT2D eigenvalue weighted by Crippen LogP contribution is 2.22. The van der Waals surface area contributed by atoms with Gasteiger partial charge in [-0.1, -0.05) is 44.2 Å². The van der Waals surface area contributed by atoms with Crippen LogP contribution in [0.4, 0.5) is 4.79 Å². The lowest BCUT2D eigenvalue weighted by Gasteiger charge is -2.26. The summed E-state index contributed by atoms with van der Waals surface area (Å²) in [6, 6.07) is 9.33. The van der Waals surface area contributed by atoms with Gasteiger partial charge >= 0.3 is 6.09 Å². The minimum Gasteiger partial charge on any atom is -0.447 e. The Morgan fingerprint density at radius 2 is 2.08 bits per heavy atom. The minimum atomic E-state index is -0.787. The van der Waals surface area contributed by atoms with E-state index in [-0.39, 0.29) is 37.5 Å². The first-order valence-corrected chi connectivity index (χ1v) is 8.09. The topological polar surface area (TPSA) is 55.8 Å². The average molecular weight is 329 g/mol. The van der Waals surface area contributed by atoms with Gasteiger partial charge in [0.15, 0.2) is 0 Å². The molecule has 0 radical (unpaired) electrons. The first-order chi connectivity index (χ1) is 11.5. The second-order valence-corrected chi connectivity index (χ2v) is 6.01. The normalized spacial score (nSPS) is 18.1. The molecule has 5 heteroatoms. The van der Waals surface area contributed by atoms with Crippen molar-refractivity contribution < 1.29 is 19.1 Å². The van der Waals surface area contributed by atoms with E-state index in [9.17, 15) is 9.59 Å². The van der Waals surface area contributed by atoms with Crippen LogP contribution in [-0.2, 0) is 20.9 Å². The molecule has 1 aromatic carbocycles. The van der Waals surface area contributed by atoms with Crippen molar-refractivity contribution in [2.75, 3.05) is 6.61 Å². The van der Waals surface area contributed by atoms with Gasteiger partial charge in [-0.3, -0.25) is 4.79 Å². The van der Waals surface area contributed by atoms with Crippen LogP contribution in [0.3, 0.4) is 0 Å². The van der Waals surface area contributed by atoms with E-state index in [1.165, 1.54) is 4.90 Å². The van der Waals surface area contributed by atoms with E-state index in [0.717, 1.165) is 5.56 Å². The number of rotatable bonds is 6. The van der Waals surface area contributed by atoms with E-state index in [4.69, 9.17) is 9.47 Å². The Morgan fingerprint density at radius 1 is 1.38 bits per heavy atom. The molecule has 24 heavy (non-hydrogen) atoms. The standard InChI is InChI=1S/C19H23NO4/c1-4-5-11-17(23-12-15-9-7-6-8-10-15)18(21)20-16(14(2)3)13-24-19(20)22/h6-10,14,16-17H,11-13H2,1-3H3/t16-,17?/m1/s1. The minimum absolute atomic E-state index is 0.118. The Kier molecular flexibility index (Phi) is 6.39. The summed E-state index contributed by atoms with van der Waals surface area (Å²) in [4.78, 5) is 26.0. The van der Waals surface area contributed by atoms with Gasteiger partial charge in [0.2, 0.25) is 0 Å². The molecule has 2 amide bonds. The Morgan fingerprint density at radius 3 is 2.71 bits per heavy atom. The smallest absolute Gasteiger partial charge is 0.417 e. The highest BCUT2D eigenvalue weighted by Gasteiger charge is 2.42. The number of nitrogens with zero attached hydrogens (tertiary/aromatic N) is 1. The van der Waals surface area contributed by atoms with Gasteiger partial charge in [0.1, 0.15) is 12.7 Å². The van der Waals surface area contributed by atoms with Gasteiger partial charge in [-0.05, 0) is 18.4 Å². The quantitative estimate of drug-likeness (QED) is 0.753. The lowest BCUT2D eigenvalue weighted by atomic mass is 10.0. The van der Waals surface area contributed by atoms with E-state index in [2.05, 4.69) is 11.8 Å². The van der Waals surface area contributed by atoms with Crippen LogP contribution in [0.25, 0.3) is 0 Å². The summed E-state index contributed by atoms with van der Waals surface area (Å²) >= 11 is 0. The third-order valence-corrected chi connectivity index (χ3v) is 3.95. The summed E-state index contributed by atoms with van der Waals surface area (Å²) in [5.41, 5.74) is 0.962. The van der Waals surface area contributed by atoms with Gasteiger partial charge in [-0.2, -0.15) is 0 Å². The summed E-state index contributed by atoms with van der Waals surface area (Å²) in [5, 5.41) is 0. The molecule has 2 atom stereocenters. The number of imide groups is 1. The fourth-order valence-electron chi connectivity index (χ4n) is 2.52. The van der Waals surface area contributed by atoms with Crippen LogP contribution >= 0.6 is 0 Å². The third kappa shape index (κ3) is 4.36. The summed E-state index contributed by atoms with van der Waals surface area (Å²) in [5.74, 6) is 5.38. The number of carbonyl (C=O) groups excluding carboxylic acids is 2. The highest BCUT2D eigenvalue weighted by atomic mass is 16.6. The van der Waals surface area contributed by atoms with Gasteiger partial charge < -0.3 is 9.47 Å². The van der Waals surface area contributed by atoms with Crippen molar-refractivity contribution in [3.8, 4) is 11.8 Å². The zero-order valence-electron chi connectivity index (χ0n) is 14.3. The van der Waals surface area contributed by atoms with E-state index in [1.807, 2.05) is 44.2 Å². The molecule has 0 bridgehead atoms. The maximum absolute atomic E-state index is 12.8. The molecule has 1 heterocycles.